The second-order valence-electron chi connectivity index (χ2n) is 10.3. The molecule has 194 valence electrons. The van der Waals surface area contributed by atoms with Crippen LogP contribution in [0.25, 0.3) is 0 Å². The molecule has 2 N–H and O–H groups in total. The van der Waals surface area contributed by atoms with Gasteiger partial charge in [0.15, 0.2) is 11.9 Å². The highest BCUT2D eigenvalue weighted by Gasteiger charge is 2.39. The number of rotatable bonds is 7. The van der Waals surface area contributed by atoms with Crippen molar-refractivity contribution in [1.82, 2.24) is 14.9 Å². The molecular formula is C23H39N3O7S. The number of ketones is 1. The van der Waals surface area contributed by atoms with Crippen molar-refractivity contribution in [3.05, 3.63) is 0 Å². The Morgan fingerprint density at radius 1 is 1.12 bits per heavy atom. The van der Waals surface area contributed by atoms with E-state index in [-0.39, 0.29) is 43.1 Å². The van der Waals surface area contributed by atoms with Crippen molar-refractivity contribution in [2.75, 3.05) is 19.4 Å². The highest BCUT2D eigenvalue weighted by atomic mass is 32.2. The third kappa shape index (κ3) is 6.99. The van der Waals surface area contributed by atoms with Gasteiger partial charge < -0.3 is 20.1 Å². The van der Waals surface area contributed by atoms with Crippen LogP contribution in [-0.4, -0.2) is 86.2 Å². The number of carbonyl (C=O) groups excluding carboxylic acids is 3. The Hall–Kier alpha value is -1.56. The summed E-state index contributed by atoms with van der Waals surface area (Å²) < 4.78 is 37.1. The van der Waals surface area contributed by atoms with Crippen LogP contribution in [0.3, 0.4) is 0 Å². The smallest absolute Gasteiger partial charge is 0.252 e. The van der Waals surface area contributed by atoms with E-state index in [1.54, 1.807) is 6.92 Å². The number of Topliss-reactive ketones (excluding diaryl/α,β-unsaturated/α-hetero) is 1. The predicted octanol–water partition coefficient (Wildman–Crippen LogP) is 0.742. The predicted molar refractivity (Wildman–Crippen MR) is 125 cm³/mol. The van der Waals surface area contributed by atoms with Crippen molar-refractivity contribution in [2.45, 2.75) is 102 Å². The van der Waals surface area contributed by atoms with Gasteiger partial charge in [0.05, 0.1) is 37.7 Å². The molecule has 0 radical (unpaired) electrons. The van der Waals surface area contributed by atoms with Crippen molar-refractivity contribution >= 4 is 27.6 Å². The fourth-order valence-corrected chi connectivity index (χ4v) is 6.10. The lowest BCUT2D eigenvalue weighted by Crippen LogP contribution is -2.57. The molecule has 2 amide bonds. The number of nitrogens with one attached hydrogen (secondary N) is 2. The molecule has 1 aliphatic carbocycles. The summed E-state index contributed by atoms with van der Waals surface area (Å²) in [6.07, 6.45) is 5.34. The molecule has 11 heteroatoms. The SMILES string of the molecule is CC(C)CC(NC(=O)C1COC2CCCCC2O1)C(=O)NC1CCC(C)N(S(C)(=O)=O)CC1=O. The van der Waals surface area contributed by atoms with Crippen LogP contribution >= 0.6 is 0 Å². The summed E-state index contributed by atoms with van der Waals surface area (Å²) in [5, 5.41) is 5.57. The van der Waals surface area contributed by atoms with Gasteiger partial charge in [-0.25, -0.2) is 8.42 Å². The van der Waals surface area contributed by atoms with E-state index in [0.717, 1.165) is 31.9 Å². The Bertz CT molecular complexity index is 863. The Morgan fingerprint density at radius 3 is 2.44 bits per heavy atom. The van der Waals surface area contributed by atoms with E-state index in [0.29, 0.717) is 19.3 Å². The monoisotopic (exact) mass is 501 g/mol. The Kier molecular flexibility index (Phi) is 9.10. The molecule has 6 atom stereocenters. The number of ether oxygens (including phenoxy) is 2. The van der Waals surface area contributed by atoms with E-state index < -0.39 is 40.0 Å². The molecule has 3 rings (SSSR count). The van der Waals surface area contributed by atoms with Crippen LogP contribution in [0.2, 0.25) is 0 Å². The van der Waals surface area contributed by atoms with Gasteiger partial charge in [-0.1, -0.05) is 26.7 Å². The first-order valence-electron chi connectivity index (χ1n) is 12.3. The zero-order chi connectivity index (χ0) is 25.0. The second kappa shape index (κ2) is 11.5. The summed E-state index contributed by atoms with van der Waals surface area (Å²) in [6.45, 7) is 5.53. The van der Waals surface area contributed by atoms with Gasteiger partial charge in [-0.2, -0.15) is 4.31 Å². The maximum Gasteiger partial charge on any atom is 0.252 e. The number of hydrogen-bond donors (Lipinski definition) is 2. The second-order valence-corrected chi connectivity index (χ2v) is 12.2. The molecule has 0 spiro atoms. The maximum absolute atomic E-state index is 13.1. The van der Waals surface area contributed by atoms with Gasteiger partial charge in [-0.3, -0.25) is 14.4 Å². The molecule has 0 aromatic heterocycles. The van der Waals surface area contributed by atoms with Crippen LogP contribution in [-0.2, 0) is 33.9 Å². The van der Waals surface area contributed by atoms with Crippen molar-refractivity contribution in [3.63, 3.8) is 0 Å². The van der Waals surface area contributed by atoms with Crippen molar-refractivity contribution in [1.29, 1.82) is 0 Å². The fraction of sp³-hybridized carbons (Fsp3) is 0.870. The Labute approximate surface area is 202 Å². The van der Waals surface area contributed by atoms with Gasteiger partial charge in [0, 0.05) is 6.04 Å². The number of carbonyl (C=O) groups is 3. The number of sulfonamides is 1. The third-order valence-electron chi connectivity index (χ3n) is 6.88. The standard InChI is InChI=1S/C23H39N3O7S/c1-14(2)11-17(25-23(29)21-13-32-19-7-5-6-8-20(19)33-21)22(28)24-16-10-9-15(3)26(12-18(16)27)34(4,30)31/h14-17,19-21H,5-13H2,1-4H3,(H,24,28)(H,25,29). The van der Waals surface area contributed by atoms with Crippen LogP contribution in [0, 0.1) is 5.92 Å². The van der Waals surface area contributed by atoms with E-state index in [2.05, 4.69) is 10.6 Å². The highest BCUT2D eigenvalue weighted by molar-refractivity contribution is 7.88. The molecule has 2 saturated heterocycles. The zero-order valence-electron chi connectivity index (χ0n) is 20.6. The summed E-state index contributed by atoms with van der Waals surface area (Å²) in [7, 11) is -3.54. The summed E-state index contributed by atoms with van der Waals surface area (Å²) in [6, 6.07) is -1.97. The molecule has 34 heavy (non-hydrogen) atoms. The first-order chi connectivity index (χ1) is 16.0. The molecule has 6 unspecified atom stereocenters. The third-order valence-corrected chi connectivity index (χ3v) is 8.22. The van der Waals surface area contributed by atoms with Gasteiger partial charge >= 0.3 is 0 Å². The average molecular weight is 502 g/mol. The quantitative estimate of drug-likeness (QED) is 0.526. The molecule has 3 aliphatic rings. The van der Waals surface area contributed by atoms with Crippen LogP contribution in [0.4, 0.5) is 0 Å². The number of amides is 2. The van der Waals surface area contributed by atoms with Gasteiger partial charge in [0.25, 0.3) is 5.91 Å². The zero-order valence-corrected chi connectivity index (χ0v) is 21.4. The molecular weight excluding hydrogens is 462 g/mol. The molecule has 10 nitrogen and oxygen atoms in total. The lowest BCUT2D eigenvalue weighted by molar-refractivity contribution is -0.196. The molecule has 0 aromatic carbocycles. The molecule has 0 bridgehead atoms. The summed E-state index contributed by atoms with van der Waals surface area (Å²) in [5.41, 5.74) is 0. The molecule has 3 fully saturated rings. The first kappa shape index (κ1) is 27.0. The maximum atomic E-state index is 13.1. The minimum atomic E-state index is -3.54. The van der Waals surface area contributed by atoms with Crippen LogP contribution in [0.5, 0.6) is 0 Å². The Balaban J connectivity index is 1.62. The normalized spacial score (nSPS) is 31.9. The van der Waals surface area contributed by atoms with Crippen LogP contribution in [0.15, 0.2) is 0 Å². The highest BCUT2D eigenvalue weighted by Crippen LogP contribution is 2.28. The van der Waals surface area contributed by atoms with E-state index in [4.69, 9.17) is 9.47 Å². The summed E-state index contributed by atoms with van der Waals surface area (Å²) in [4.78, 5) is 38.8. The average Bonchev–Trinajstić information content (AvgIpc) is 2.91. The van der Waals surface area contributed by atoms with Crippen LogP contribution < -0.4 is 10.6 Å². The van der Waals surface area contributed by atoms with E-state index in [1.807, 2.05) is 13.8 Å². The topological polar surface area (TPSA) is 131 Å². The van der Waals surface area contributed by atoms with E-state index >= 15 is 0 Å². The van der Waals surface area contributed by atoms with E-state index in [9.17, 15) is 22.8 Å². The molecule has 2 aliphatic heterocycles. The molecule has 0 aromatic rings. The molecule has 1 saturated carbocycles. The number of hydrogen-bond acceptors (Lipinski definition) is 7. The van der Waals surface area contributed by atoms with Gasteiger partial charge in [-0.05, 0) is 44.9 Å². The van der Waals surface area contributed by atoms with Gasteiger partial charge in [0.2, 0.25) is 15.9 Å². The summed E-state index contributed by atoms with van der Waals surface area (Å²) >= 11 is 0. The van der Waals surface area contributed by atoms with Crippen molar-refractivity contribution in [3.8, 4) is 0 Å². The number of fused-ring (bicyclic) bond motifs is 1. The minimum absolute atomic E-state index is 0.0303. The lowest BCUT2D eigenvalue weighted by atomic mass is 9.93. The summed E-state index contributed by atoms with van der Waals surface area (Å²) in [5.74, 6) is -1.08. The first-order valence-corrected chi connectivity index (χ1v) is 14.2. The Morgan fingerprint density at radius 2 is 1.79 bits per heavy atom. The van der Waals surface area contributed by atoms with Gasteiger partial charge in [0.1, 0.15) is 6.04 Å². The van der Waals surface area contributed by atoms with Crippen molar-refractivity contribution < 1.29 is 32.3 Å². The molecule has 2 heterocycles. The van der Waals surface area contributed by atoms with Crippen LogP contribution in [0.1, 0.15) is 65.7 Å². The fourth-order valence-electron chi connectivity index (χ4n) is 4.98. The van der Waals surface area contributed by atoms with Gasteiger partial charge in [-0.15, -0.1) is 0 Å². The largest absolute Gasteiger partial charge is 0.372 e. The van der Waals surface area contributed by atoms with Crippen molar-refractivity contribution in [2.24, 2.45) is 5.92 Å². The van der Waals surface area contributed by atoms with E-state index in [1.165, 1.54) is 4.31 Å². The minimum Gasteiger partial charge on any atom is -0.372 e. The number of nitrogens with zero attached hydrogens (tertiary/aromatic N) is 1. The lowest BCUT2D eigenvalue weighted by Gasteiger charge is -2.39.